The predicted molar refractivity (Wildman–Crippen MR) is 90.0 cm³/mol. The maximum atomic E-state index is 12.3. The Balaban J connectivity index is 1.51. The molecule has 2 aromatic heterocycles. The molecular formula is C18H19N5O. The van der Waals surface area contributed by atoms with Gasteiger partial charge in [0.25, 0.3) is 0 Å². The molecule has 0 unspecified atom stereocenters. The monoisotopic (exact) mass is 321 g/mol. The molecule has 0 aliphatic carbocycles. The number of amides is 1. The zero-order valence-electron chi connectivity index (χ0n) is 13.4. The van der Waals surface area contributed by atoms with E-state index in [0.717, 1.165) is 37.3 Å². The van der Waals surface area contributed by atoms with Crippen molar-refractivity contribution in [1.82, 2.24) is 15.3 Å². The van der Waals surface area contributed by atoms with E-state index in [-0.39, 0.29) is 11.8 Å². The average molecular weight is 321 g/mol. The molecule has 2 aromatic rings. The Morgan fingerprint density at radius 3 is 2.83 bits per heavy atom. The number of nitrogens with one attached hydrogen (secondary N) is 1. The van der Waals surface area contributed by atoms with Gasteiger partial charge >= 0.3 is 0 Å². The SMILES string of the molecule is N#Cc1cccc(N2CCC(C(=O)NCc3cccnc3)CC2)n1. The molecule has 1 amide bonds. The van der Waals surface area contributed by atoms with Crippen molar-refractivity contribution in [3.63, 3.8) is 0 Å². The molecule has 0 bridgehead atoms. The minimum absolute atomic E-state index is 0.0251. The lowest BCUT2D eigenvalue weighted by molar-refractivity contribution is -0.125. The molecule has 1 N–H and O–H groups in total. The van der Waals surface area contributed by atoms with Gasteiger partial charge in [-0.1, -0.05) is 12.1 Å². The Bertz CT molecular complexity index is 733. The van der Waals surface area contributed by atoms with Crippen LogP contribution in [0.3, 0.4) is 0 Å². The number of nitriles is 1. The number of piperidine rings is 1. The molecule has 24 heavy (non-hydrogen) atoms. The molecule has 1 aliphatic heterocycles. The fraction of sp³-hybridized carbons (Fsp3) is 0.333. The van der Waals surface area contributed by atoms with Gasteiger partial charge in [0.15, 0.2) is 0 Å². The third kappa shape index (κ3) is 3.87. The Hall–Kier alpha value is -2.94. The van der Waals surface area contributed by atoms with Crippen LogP contribution in [0.2, 0.25) is 0 Å². The molecule has 1 aliphatic rings. The van der Waals surface area contributed by atoms with Crippen molar-refractivity contribution >= 4 is 11.7 Å². The molecule has 1 fully saturated rings. The second-order valence-corrected chi connectivity index (χ2v) is 5.83. The first-order chi connectivity index (χ1) is 11.8. The Kier molecular flexibility index (Phi) is 5.02. The van der Waals surface area contributed by atoms with Gasteiger partial charge in [0, 0.05) is 37.9 Å². The molecule has 0 spiro atoms. The highest BCUT2D eigenvalue weighted by Gasteiger charge is 2.25. The normalized spacial score (nSPS) is 14.9. The summed E-state index contributed by atoms with van der Waals surface area (Å²) in [6.07, 6.45) is 5.06. The van der Waals surface area contributed by atoms with E-state index in [1.165, 1.54) is 0 Å². The van der Waals surface area contributed by atoms with Crippen molar-refractivity contribution < 1.29 is 4.79 Å². The van der Waals surface area contributed by atoms with E-state index in [2.05, 4.69) is 26.3 Å². The average Bonchev–Trinajstić information content (AvgIpc) is 2.67. The molecule has 0 saturated carbocycles. The van der Waals surface area contributed by atoms with E-state index < -0.39 is 0 Å². The zero-order chi connectivity index (χ0) is 16.8. The fourth-order valence-electron chi connectivity index (χ4n) is 2.87. The summed E-state index contributed by atoms with van der Waals surface area (Å²) in [7, 11) is 0. The van der Waals surface area contributed by atoms with Crippen molar-refractivity contribution in [3.8, 4) is 6.07 Å². The maximum absolute atomic E-state index is 12.3. The van der Waals surface area contributed by atoms with Crippen molar-refractivity contribution in [3.05, 3.63) is 54.0 Å². The number of nitrogens with zero attached hydrogens (tertiary/aromatic N) is 4. The van der Waals surface area contributed by atoms with E-state index in [0.29, 0.717) is 12.2 Å². The number of hydrogen-bond donors (Lipinski definition) is 1. The predicted octanol–water partition coefficient (Wildman–Crippen LogP) is 1.88. The standard InChI is InChI=1S/C18H19N5O/c19-11-16-4-1-5-17(22-16)23-9-6-15(7-10-23)18(24)21-13-14-3-2-8-20-12-14/h1-5,8,12,15H,6-7,9-10,13H2,(H,21,24). The molecule has 1 saturated heterocycles. The minimum Gasteiger partial charge on any atom is -0.357 e. The van der Waals surface area contributed by atoms with Gasteiger partial charge in [-0.25, -0.2) is 4.98 Å². The maximum Gasteiger partial charge on any atom is 0.223 e. The zero-order valence-corrected chi connectivity index (χ0v) is 13.4. The van der Waals surface area contributed by atoms with Crippen LogP contribution in [0.5, 0.6) is 0 Å². The van der Waals surface area contributed by atoms with Crippen LogP contribution in [-0.4, -0.2) is 29.0 Å². The van der Waals surface area contributed by atoms with Crippen LogP contribution < -0.4 is 10.2 Å². The van der Waals surface area contributed by atoms with Crippen LogP contribution in [-0.2, 0) is 11.3 Å². The molecule has 122 valence electrons. The summed E-state index contributed by atoms with van der Waals surface area (Å²) < 4.78 is 0. The molecule has 6 nitrogen and oxygen atoms in total. The summed E-state index contributed by atoms with van der Waals surface area (Å²) in [6, 6.07) is 11.3. The van der Waals surface area contributed by atoms with Crippen LogP contribution in [0.25, 0.3) is 0 Å². The first-order valence-electron chi connectivity index (χ1n) is 8.05. The lowest BCUT2D eigenvalue weighted by Gasteiger charge is -2.32. The van der Waals surface area contributed by atoms with Gasteiger partial charge in [-0.3, -0.25) is 9.78 Å². The number of anilines is 1. The molecule has 3 rings (SSSR count). The highest BCUT2D eigenvalue weighted by Crippen LogP contribution is 2.22. The fourth-order valence-corrected chi connectivity index (χ4v) is 2.87. The van der Waals surface area contributed by atoms with E-state index >= 15 is 0 Å². The number of pyridine rings is 2. The summed E-state index contributed by atoms with van der Waals surface area (Å²) in [5.74, 6) is 0.928. The number of aromatic nitrogens is 2. The van der Waals surface area contributed by atoms with Gasteiger partial charge in [-0.05, 0) is 36.6 Å². The summed E-state index contributed by atoms with van der Waals surface area (Å²) in [5.41, 5.74) is 1.42. The van der Waals surface area contributed by atoms with Crippen LogP contribution in [0.4, 0.5) is 5.82 Å². The van der Waals surface area contributed by atoms with Gasteiger partial charge in [-0.15, -0.1) is 0 Å². The van der Waals surface area contributed by atoms with Crippen molar-refractivity contribution in [2.45, 2.75) is 19.4 Å². The van der Waals surface area contributed by atoms with Gasteiger partial charge in [0.2, 0.25) is 5.91 Å². The number of hydrogen-bond acceptors (Lipinski definition) is 5. The molecule has 6 heteroatoms. The smallest absolute Gasteiger partial charge is 0.223 e. The van der Waals surface area contributed by atoms with Crippen LogP contribution in [0.1, 0.15) is 24.1 Å². The minimum atomic E-state index is 0.0251. The highest BCUT2D eigenvalue weighted by molar-refractivity contribution is 5.78. The third-order valence-electron chi connectivity index (χ3n) is 4.23. The first-order valence-corrected chi connectivity index (χ1v) is 8.05. The topological polar surface area (TPSA) is 81.9 Å². The second-order valence-electron chi connectivity index (χ2n) is 5.83. The van der Waals surface area contributed by atoms with E-state index in [1.807, 2.05) is 24.3 Å². The van der Waals surface area contributed by atoms with E-state index in [1.54, 1.807) is 18.5 Å². The quantitative estimate of drug-likeness (QED) is 0.930. The van der Waals surface area contributed by atoms with Gasteiger partial charge < -0.3 is 10.2 Å². The lowest BCUT2D eigenvalue weighted by atomic mass is 9.96. The summed E-state index contributed by atoms with van der Waals surface area (Å²) in [6.45, 7) is 2.05. The van der Waals surface area contributed by atoms with Crippen LogP contribution >= 0.6 is 0 Å². The van der Waals surface area contributed by atoms with Gasteiger partial charge in [0.1, 0.15) is 17.6 Å². The van der Waals surface area contributed by atoms with E-state index in [4.69, 9.17) is 5.26 Å². The summed E-state index contributed by atoms with van der Waals surface area (Å²) in [4.78, 5) is 22.8. The summed E-state index contributed by atoms with van der Waals surface area (Å²) >= 11 is 0. The van der Waals surface area contributed by atoms with Gasteiger partial charge in [-0.2, -0.15) is 5.26 Å². The number of rotatable bonds is 4. The second kappa shape index (κ2) is 7.55. The molecule has 3 heterocycles. The molecule has 0 aromatic carbocycles. The lowest BCUT2D eigenvalue weighted by Crippen LogP contribution is -2.40. The van der Waals surface area contributed by atoms with Gasteiger partial charge in [0.05, 0.1) is 0 Å². The van der Waals surface area contributed by atoms with E-state index in [9.17, 15) is 4.79 Å². The highest BCUT2D eigenvalue weighted by atomic mass is 16.1. The molecular weight excluding hydrogens is 302 g/mol. The first kappa shape index (κ1) is 15.9. The molecule has 0 radical (unpaired) electrons. The Morgan fingerprint density at radius 1 is 1.29 bits per heavy atom. The number of carbonyl (C=O) groups excluding carboxylic acids is 1. The van der Waals surface area contributed by atoms with Crippen LogP contribution in [0.15, 0.2) is 42.7 Å². The van der Waals surface area contributed by atoms with Crippen molar-refractivity contribution in [1.29, 1.82) is 5.26 Å². The largest absolute Gasteiger partial charge is 0.357 e. The third-order valence-corrected chi connectivity index (χ3v) is 4.23. The van der Waals surface area contributed by atoms with Crippen molar-refractivity contribution in [2.75, 3.05) is 18.0 Å². The Labute approximate surface area is 141 Å². The molecule has 0 atom stereocenters. The summed E-state index contributed by atoms with van der Waals surface area (Å²) in [5, 5.41) is 11.9. The Morgan fingerprint density at radius 2 is 2.12 bits per heavy atom. The number of carbonyl (C=O) groups is 1. The van der Waals surface area contributed by atoms with Crippen molar-refractivity contribution in [2.24, 2.45) is 5.92 Å². The van der Waals surface area contributed by atoms with Crippen LogP contribution in [0, 0.1) is 17.2 Å².